The Morgan fingerprint density at radius 1 is 1.33 bits per heavy atom. The van der Waals surface area contributed by atoms with Gasteiger partial charge in [-0.15, -0.1) is 0 Å². The topological polar surface area (TPSA) is 38.3 Å². The Morgan fingerprint density at radius 2 is 1.94 bits per heavy atom. The summed E-state index contributed by atoms with van der Waals surface area (Å²) in [7, 11) is 0. The zero-order chi connectivity index (χ0) is 13.5. The second-order valence-electron chi connectivity index (χ2n) is 4.55. The van der Waals surface area contributed by atoms with E-state index in [0.717, 1.165) is 22.4 Å². The Hall–Kier alpha value is -1.77. The molecule has 1 aromatic carbocycles. The fraction of sp³-hybridized carbons (Fsp3) is 0.400. The van der Waals surface area contributed by atoms with Gasteiger partial charge in [-0.25, -0.2) is 0 Å². The average Bonchev–Trinajstić information content (AvgIpc) is 2.30. The summed E-state index contributed by atoms with van der Waals surface area (Å²) < 4.78 is 5.66. The van der Waals surface area contributed by atoms with Gasteiger partial charge in [-0.3, -0.25) is 4.79 Å². The summed E-state index contributed by atoms with van der Waals surface area (Å²) in [5.41, 5.74) is 3.13. The maximum Gasteiger partial charge on any atom is 0.223 e. The molecule has 18 heavy (non-hydrogen) atoms. The first-order valence-corrected chi connectivity index (χ1v) is 6.11. The van der Waals surface area contributed by atoms with Gasteiger partial charge in [0.05, 0.1) is 13.0 Å². The number of para-hydroxylation sites is 1. The van der Waals surface area contributed by atoms with Crippen molar-refractivity contribution in [3.05, 3.63) is 41.5 Å². The average molecular weight is 247 g/mol. The maximum atomic E-state index is 11.5. The molecule has 98 valence electrons. The molecule has 0 radical (unpaired) electrons. The lowest BCUT2D eigenvalue weighted by atomic mass is 10.1. The number of nitrogens with one attached hydrogen (secondary N) is 1. The third kappa shape index (κ3) is 4.62. The van der Waals surface area contributed by atoms with E-state index < -0.39 is 0 Å². The van der Waals surface area contributed by atoms with Gasteiger partial charge in [0.15, 0.2) is 0 Å². The monoisotopic (exact) mass is 247 g/mol. The highest BCUT2D eigenvalue weighted by molar-refractivity contribution is 5.76. The van der Waals surface area contributed by atoms with Crippen LogP contribution in [-0.4, -0.2) is 19.1 Å². The summed E-state index contributed by atoms with van der Waals surface area (Å²) in [4.78, 5) is 11.5. The van der Waals surface area contributed by atoms with Gasteiger partial charge in [0, 0.05) is 6.54 Å². The quantitative estimate of drug-likeness (QED) is 0.785. The third-order valence-electron chi connectivity index (χ3n) is 2.57. The van der Waals surface area contributed by atoms with Crippen molar-refractivity contribution < 1.29 is 9.53 Å². The van der Waals surface area contributed by atoms with Crippen LogP contribution in [0.3, 0.4) is 0 Å². The molecule has 0 spiro atoms. The first-order chi connectivity index (χ1) is 8.50. The lowest BCUT2D eigenvalue weighted by Gasteiger charge is -2.11. The van der Waals surface area contributed by atoms with Crippen molar-refractivity contribution in [2.24, 2.45) is 0 Å². The highest BCUT2D eigenvalue weighted by atomic mass is 16.5. The molecule has 0 saturated heterocycles. The molecule has 3 nitrogen and oxygen atoms in total. The molecule has 0 bridgehead atoms. The molecule has 3 heteroatoms. The van der Waals surface area contributed by atoms with Crippen molar-refractivity contribution in [3.8, 4) is 5.75 Å². The summed E-state index contributed by atoms with van der Waals surface area (Å²) in [5.74, 6) is 0.870. The van der Waals surface area contributed by atoms with Crippen LogP contribution in [0.15, 0.2) is 30.4 Å². The van der Waals surface area contributed by atoms with E-state index in [9.17, 15) is 4.79 Å². The molecule has 0 aromatic heterocycles. The Kier molecular flexibility index (Phi) is 5.43. The molecule has 1 aromatic rings. The highest BCUT2D eigenvalue weighted by Gasteiger charge is 2.05. The van der Waals surface area contributed by atoms with Crippen molar-refractivity contribution in [1.29, 1.82) is 0 Å². The van der Waals surface area contributed by atoms with Crippen molar-refractivity contribution in [1.82, 2.24) is 5.32 Å². The van der Waals surface area contributed by atoms with Crippen LogP contribution in [0.1, 0.15) is 24.5 Å². The highest BCUT2D eigenvalue weighted by Crippen LogP contribution is 2.22. The number of benzene rings is 1. The van der Waals surface area contributed by atoms with Crippen LogP contribution in [0, 0.1) is 13.8 Å². The van der Waals surface area contributed by atoms with Crippen LogP contribution in [0.25, 0.3) is 0 Å². The number of aryl methyl sites for hydroxylation is 2. The summed E-state index contributed by atoms with van der Waals surface area (Å²) >= 11 is 0. The van der Waals surface area contributed by atoms with E-state index in [1.807, 2.05) is 39.0 Å². The van der Waals surface area contributed by atoms with Crippen LogP contribution < -0.4 is 10.1 Å². The van der Waals surface area contributed by atoms with Gasteiger partial charge in [0.25, 0.3) is 0 Å². The number of hydrogen-bond acceptors (Lipinski definition) is 2. The smallest absolute Gasteiger partial charge is 0.223 e. The zero-order valence-corrected chi connectivity index (χ0v) is 11.4. The number of amides is 1. The molecule has 0 atom stereocenters. The van der Waals surface area contributed by atoms with E-state index >= 15 is 0 Å². The van der Waals surface area contributed by atoms with Crippen LogP contribution in [-0.2, 0) is 4.79 Å². The molecule has 0 unspecified atom stereocenters. The van der Waals surface area contributed by atoms with Gasteiger partial charge in [-0.05, 0) is 31.9 Å². The van der Waals surface area contributed by atoms with Gasteiger partial charge in [0.2, 0.25) is 5.91 Å². The van der Waals surface area contributed by atoms with Crippen LogP contribution in [0.4, 0.5) is 0 Å². The number of carbonyl (C=O) groups is 1. The van der Waals surface area contributed by atoms with Crippen molar-refractivity contribution in [2.75, 3.05) is 13.2 Å². The molecule has 1 amide bonds. The second-order valence-corrected chi connectivity index (χ2v) is 4.55. The van der Waals surface area contributed by atoms with E-state index in [4.69, 9.17) is 4.74 Å². The van der Waals surface area contributed by atoms with Gasteiger partial charge in [0.1, 0.15) is 5.75 Å². The van der Waals surface area contributed by atoms with Gasteiger partial charge in [-0.2, -0.15) is 0 Å². The van der Waals surface area contributed by atoms with Crippen molar-refractivity contribution in [3.63, 3.8) is 0 Å². The molecule has 0 aliphatic carbocycles. The van der Waals surface area contributed by atoms with E-state index in [1.165, 1.54) is 0 Å². The Labute approximate surface area is 109 Å². The molecular formula is C15H21NO2. The molecule has 1 N–H and O–H groups in total. The van der Waals surface area contributed by atoms with E-state index in [1.54, 1.807) is 0 Å². The summed E-state index contributed by atoms with van der Waals surface area (Å²) in [6.07, 6.45) is 0.362. The van der Waals surface area contributed by atoms with Crippen LogP contribution >= 0.6 is 0 Å². The Balaban J connectivity index is 2.38. The molecular weight excluding hydrogens is 226 g/mol. The fourth-order valence-electron chi connectivity index (χ4n) is 1.61. The fourth-order valence-corrected chi connectivity index (χ4v) is 1.61. The van der Waals surface area contributed by atoms with Crippen LogP contribution in [0.5, 0.6) is 5.75 Å². The normalized spacial score (nSPS) is 9.94. The molecule has 0 saturated carbocycles. The first kappa shape index (κ1) is 14.3. The summed E-state index contributed by atoms with van der Waals surface area (Å²) in [5, 5.41) is 2.78. The van der Waals surface area contributed by atoms with Gasteiger partial charge < -0.3 is 10.1 Å². The minimum absolute atomic E-state index is 0.00997. The molecule has 1 rings (SSSR count). The van der Waals surface area contributed by atoms with Gasteiger partial charge >= 0.3 is 0 Å². The van der Waals surface area contributed by atoms with Crippen molar-refractivity contribution in [2.45, 2.75) is 27.2 Å². The first-order valence-electron chi connectivity index (χ1n) is 6.11. The SMILES string of the molecule is C=C(C)CNC(=O)CCOc1c(C)cccc1C. The lowest BCUT2D eigenvalue weighted by molar-refractivity contribution is -0.121. The zero-order valence-electron chi connectivity index (χ0n) is 11.4. The number of carbonyl (C=O) groups excluding carboxylic acids is 1. The largest absolute Gasteiger partial charge is 0.493 e. The Morgan fingerprint density at radius 3 is 2.50 bits per heavy atom. The number of hydrogen-bond donors (Lipinski definition) is 1. The standard InChI is InChI=1S/C15H21NO2/c1-11(2)10-16-14(17)8-9-18-15-12(3)6-5-7-13(15)4/h5-7H,1,8-10H2,2-4H3,(H,16,17). The van der Waals surface area contributed by atoms with Crippen LogP contribution in [0.2, 0.25) is 0 Å². The lowest BCUT2D eigenvalue weighted by Crippen LogP contribution is -2.26. The predicted octanol–water partition coefficient (Wildman–Crippen LogP) is 2.76. The van der Waals surface area contributed by atoms with E-state index in [-0.39, 0.29) is 5.91 Å². The maximum absolute atomic E-state index is 11.5. The van der Waals surface area contributed by atoms with E-state index in [2.05, 4.69) is 11.9 Å². The summed E-state index contributed by atoms with van der Waals surface area (Å²) in [6.45, 7) is 10.5. The molecule has 0 aliphatic heterocycles. The van der Waals surface area contributed by atoms with Crippen molar-refractivity contribution >= 4 is 5.91 Å². The number of rotatable bonds is 6. The Bertz CT molecular complexity index is 418. The van der Waals surface area contributed by atoms with Gasteiger partial charge in [-0.1, -0.05) is 30.4 Å². The predicted molar refractivity (Wildman–Crippen MR) is 73.9 cm³/mol. The third-order valence-corrected chi connectivity index (χ3v) is 2.57. The second kappa shape index (κ2) is 6.84. The molecule has 0 fully saturated rings. The van der Waals surface area contributed by atoms with E-state index in [0.29, 0.717) is 19.6 Å². The summed E-state index contributed by atoms with van der Waals surface area (Å²) in [6, 6.07) is 6.00. The minimum atomic E-state index is -0.00997. The number of ether oxygens (including phenoxy) is 1. The molecule has 0 heterocycles. The minimum Gasteiger partial charge on any atom is -0.493 e. The molecule has 0 aliphatic rings.